The number of nitrogens with zero attached hydrogens (tertiary/aromatic N) is 2. The summed E-state index contributed by atoms with van der Waals surface area (Å²) in [5.41, 5.74) is 0. The lowest BCUT2D eigenvalue weighted by Gasteiger charge is -2.32. The summed E-state index contributed by atoms with van der Waals surface area (Å²) in [6.07, 6.45) is 1.59. The van der Waals surface area contributed by atoms with Gasteiger partial charge < -0.3 is 9.64 Å². The Hall–Kier alpha value is -1.53. The van der Waals surface area contributed by atoms with E-state index in [1.807, 2.05) is 13.8 Å². The molecule has 2 heterocycles. The van der Waals surface area contributed by atoms with Gasteiger partial charge in [0.1, 0.15) is 0 Å². The molecule has 0 atom stereocenters. The maximum atomic E-state index is 12.8. The van der Waals surface area contributed by atoms with Crippen LogP contribution >= 0.6 is 0 Å². The van der Waals surface area contributed by atoms with Crippen LogP contribution in [0.15, 0.2) is 34.1 Å². The molecular weight excluding hydrogens is 442 g/mol. The molecule has 2 saturated heterocycles. The fraction of sp³-hybridized carbons (Fsp3) is 0.650. The lowest BCUT2D eigenvalue weighted by Crippen LogP contribution is -2.46. The molecule has 3 rings (SSSR count). The highest BCUT2D eigenvalue weighted by atomic mass is 32.2. The second-order valence-electron chi connectivity index (χ2n) is 8.36. The summed E-state index contributed by atoms with van der Waals surface area (Å²) < 4.78 is 60.1. The van der Waals surface area contributed by atoms with Crippen molar-refractivity contribution in [3.63, 3.8) is 0 Å². The maximum Gasteiger partial charge on any atom is 0.243 e. The third-order valence-electron chi connectivity index (χ3n) is 5.49. The zero-order chi connectivity index (χ0) is 22.6. The van der Waals surface area contributed by atoms with Gasteiger partial charge in [-0.15, -0.1) is 0 Å². The summed E-state index contributed by atoms with van der Waals surface area (Å²) in [6, 6.07) is 5.03. The first kappa shape index (κ1) is 24.1. The Morgan fingerprint density at radius 3 is 2.10 bits per heavy atom. The predicted molar refractivity (Wildman–Crippen MR) is 115 cm³/mol. The summed E-state index contributed by atoms with van der Waals surface area (Å²) in [5.74, 6) is 0.395. The molecule has 1 aromatic carbocycles. The Labute approximate surface area is 184 Å². The average molecular weight is 474 g/mol. The molecule has 2 aliphatic heterocycles. The Balaban J connectivity index is 1.60. The van der Waals surface area contributed by atoms with Gasteiger partial charge in [-0.25, -0.2) is 21.6 Å². The first-order valence-electron chi connectivity index (χ1n) is 10.6. The number of hydrogen-bond acceptors (Lipinski definition) is 6. The highest BCUT2D eigenvalue weighted by molar-refractivity contribution is 7.89. The van der Waals surface area contributed by atoms with Gasteiger partial charge in [-0.2, -0.15) is 4.31 Å². The van der Waals surface area contributed by atoms with Crippen LogP contribution in [-0.2, 0) is 29.6 Å². The third-order valence-corrected chi connectivity index (χ3v) is 8.94. The smallest absolute Gasteiger partial charge is 0.243 e. The van der Waals surface area contributed by atoms with Crippen molar-refractivity contribution < 1.29 is 26.4 Å². The molecule has 0 aliphatic carbocycles. The molecule has 2 fully saturated rings. The van der Waals surface area contributed by atoms with Crippen LogP contribution < -0.4 is 4.72 Å². The van der Waals surface area contributed by atoms with Crippen LogP contribution in [0.2, 0.25) is 0 Å². The second kappa shape index (κ2) is 9.95. The zero-order valence-corrected chi connectivity index (χ0v) is 19.6. The van der Waals surface area contributed by atoms with Gasteiger partial charge in [0.25, 0.3) is 0 Å². The van der Waals surface area contributed by atoms with Gasteiger partial charge in [0.15, 0.2) is 0 Å². The van der Waals surface area contributed by atoms with Crippen molar-refractivity contribution in [2.45, 2.75) is 48.9 Å². The number of ether oxygens (including phenoxy) is 1. The van der Waals surface area contributed by atoms with Crippen molar-refractivity contribution >= 4 is 26.0 Å². The number of amides is 1. The molecule has 2 aliphatic rings. The SMILES string of the molecule is CC(C)CC(=O)N1CCC(NS(=O)(=O)c2ccc(S(=O)(=O)N3CCOCC3)cc2)CC1. The molecule has 0 bridgehead atoms. The van der Waals surface area contributed by atoms with E-state index in [9.17, 15) is 21.6 Å². The number of hydrogen-bond donors (Lipinski definition) is 1. The zero-order valence-electron chi connectivity index (χ0n) is 18.0. The first-order chi connectivity index (χ1) is 14.6. The summed E-state index contributed by atoms with van der Waals surface area (Å²) in [4.78, 5) is 14.0. The van der Waals surface area contributed by atoms with E-state index in [0.717, 1.165) is 0 Å². The Morgan fingerprint density at radius 1 is 1.00 bits per heavy atom. The van der Waals surface area contributed by atoms with Crippen LogP contribution in [0, 0.1) is 5.92 Å². The van der Waals surface area contributed by atoms with E-state index < -0.39 is 20.0 Å². The monoisotopic (exact) mass is 473 g/mol. The van der Waals surface area contributed by atoms with Gasteiger partial charge in [0.05, 0.1) is 23.0 Å². The van der Waals surface area contributed by atoms with Gasteiger partial charge in [-0.05, 0) is 43.0 Å². The fourth-order valence-corrected chi connectivity index (χ4v) is 6.45. The van der Waals surface area contributed by atoms with Crippen molar-refractivity contribution in [2.24, 2.45) is 5.92 Å². The van der Waals surface area contributed by atoms with Crippen molar-refractivity contribution in [3.05, 3.63) is 24.3 Å². The van der Waals surface area contributed by atoms with Crippen molar-refractivity contribution in [1.82, 2.24) is 13.9 Å². The molecule has 9 nitrogen and oxygen atoms in total. The maximum absolute atomic E-state index is 12.8. The number of piperidine rings is 1. The van der Waals surface area contributed by atoms with E-state index in [1.54, 1.807) is 4.90 Å². The van der Waals surface area contributed by atoms with E-state index in [1.165, 1.54) is 28.6 Å². The quantitative estimate of drug-likeness (QED) is 0.633. The average Bonchev–Trinajstić information content (AvgIpc) is 2.74. The van der Waals surface area contributed by atoms with Gasteiger partial charge >= 0.3 is 0 Å². The second-order valence-corrected chi connectivity index (χ2v) is 12.0. The largest absolute Gasteiger partial charge is 0.379 e. The van der Waals surface area contributed by atoms with Gasteiger partial charge in [0.2, 0.25) is 26.0 Å². The molecule has 0 spiro atoms. The number of likely N-dealkylation sites (tertiary alicyclic amines) is 1. The number of nitrogens with one attached hydrogen (secondary N) is 1. The number of morpholine rings is 1. The molecule has 0 saturated carbocycles. The molecule has 174 valence electrons. The Bertz CT molecular complexity index is 963. The number of carbonyl (C=O) groups is 1. The minimum absolute atomic E-state index is 0.0201. The third kappa shape index (κ3) is 6.04. The number of carbonyl (C=O) groups excluding carboxylic acids is 1. The van der Waals surface area contributed by atoms with E-state index in [2.05, 4.69) is 4.72 Å². The lowest BCUT2D eigenvalue weighted by atomic mass is 10.0. The summed E-state index contributed by atoms with van der Waals surface area (Å²) in [6.45, 7) is 6.29. The number of benzene rings is 1. The fourth-order valence-electron chi connectivity index (χ4n) is 3.74. The molecule has 0 unspecified atom stereocenters. The lowest BCUT2D eigenvalue weighted by molar-refractivity contribution is -0.133. The molecule has 1 amide bonds. The van der Waals surface area contributed by atoms with Crippen LogP contribution in [0.1, 0.15) is 33.1 Å². The van der Waals surface area contributed by atoms with E-state index in [0.29, 0.717) is 51.5 Å². The van der Waals surface area contributed by atoms with Crippen LogP contribution in [0.4, 0.5) is 0 Å². The van der Waals surface area contributed by atoms with Crippen molar-refractivity contribution in [2.75, 3.05) is 39.4 Å². The van der Waals surface area contributed by atoms with E-state index in [-0.39, 0.29) is 34.8 Å². The number of rotatable bonds is 7. The Kier molecular flexibility index (Phi) is 7.74. The first-order valence-corrected chi connectivity index (χ1v) is 13.5. The normalized spacial score (nSPS) is 19.6. The van der Waals surface area contributed by atoms with Crippen LogP contribution in [0.5, 0.6) is 0 Å². The highest BCUT2D eigenvalue weighted by Crippen LogP contribution is 2.21. The van der Waals surface area contributed by atoms with Crippen molar-refractivity contribution in [3.8, 4) is 0 Å². The van der Waals surface area contributed by atoms with Gasteiger partial charge in [-0.1, -0.05) is 13.8 Å². The summed E-state index contributed by atoms with van der Waals surface area (Å²) in [7, 11) is -7.46. The van der Waals surface area contributed by atoms with E-state index >= 15 is 0 Å². The molecule has 0 aromatic heterocycles. The molecule has 11 heteroatoms. The summed E-state index contributed by atoms with van der Waals surface area (Å²) >= 11 is 0. The minimum Gasteiger partial charge on any atom is -0.379 e. The molecular formula is C20H31N3O6S2. The minimum atomic E-state index is -3.79. The topological polar surface area (TPSA) is 113 Å². The predicted octanol–water partition coefficient (Wildman–Crippen LogP) is 1.02. The van der Waals surface area contributed by atoms with Gasteiger partial charge in [-0.3, -0.25) is 4.79 Å². The van der Waals surface area contributed by atoms with Crippen LogP contribution in [0.25, 0.3) is 0 Å². The highest BCUT2D eigenvalue weighted by Gasteiger charge is 2.29. The van der Waals surface area contributed by atoms with Crippen LogP contribution in [0.3, 0.4) is 0 Å². The summed E-state index contributed by atoms with van der Waals surface area (Å²) in [5, 5.41) is 0. The van der Waals surface area contributed by atoms with E-state index in [4.69, 9.17) is 4.74 Å². The van der Waals surface area contributed by atoms with Gasteiger partial charge in [0, 0.05) is 38.6 Å². The molecule has 31 heavy (non-hydrogen) atoms. The molecule has 1 aromatic rings. The Morgan fingerprint density at radius 2 is 1.55 bits per heavy atom. The van der Waals surface area contributed by atoms with Crippen molar-refractivity contribution in [1.29, 1.82) is 0 Å². The number of sulfonamides is 2. The van der Waals surface area contributed by atoms with Crippen LogP contribution in [-0.4, -0.2) is 77.4 Å². The molecule has 1 N–H and O–H groups in total. The standard InChI is InChI=1S/C20H31N3O6S2/c1-16(2)15-20(24)22-9-7-17(8-10-22)21-30(25,26)18-3-5-19(6-4-18)31(27,28)23-11-13-29-14-12-23/h3-6,16-17,21H,7-15H2,1-2H3. The molecule has 0 radical (unpaired) electrons.